The van der Waals surface area contributed by atoms with Gasteiger partial charge in [0.2, 0.25) is 0 Å². The van der Waals surface area contributed by atoms with Crippen molar-refractivity contribution in [2.45, 2.75) is 19.3 Å². The van der Waals surface area contributed by atoms with Crippen LogP contribution in [0.25, 0.3) is 5.57 Å². The summed E-state index contributed by atoms with van der Waals surface area (Å²) in [5, 5.41) is 11.7. The van der Waals surface area contributed by atoms with Crippen molar-refractivity contribution in [3.8, 4) is 0 Å². The number of benzene rings is 1. The van der Waals surface area contributed by atoms with Crippen molar-refractivity contribution in [1.29, 1.82) is 0 Å². The van der Waals surface area contributed by atoms with Gasteiger partial charge >= 0.3 is 5.97 Å². The van der Waals surface area contributed by atoms with Gasteiger partial charge in [0.15, 0.2) is 5.78 Å². The standard InChI is InChI=1S/C17H17NO3S/c19-15-11-14(18-9-5-4-8-17(20)21)16(22)10-13(15)12-6-2-1-3-7-12/h1-3,6-7,10-11,18H,4-5,8-9H2,(H,20,21). The molecule has 0 bridgehead atoms. The minimum atomic E-state index is -0.794. The Morgan fingerprint density at radius 3 is 2.55 bits per heavy atom. The largest absolute Gasteiger partial charge is 0.481 e. The summed E-state index contributed by atoms with van der Waals surface area (Å²) < 4.78 is 0. The molecule has 0 spiro atoms. The van der Waals surface area contributed by atoms with E-state index in [9.17, 15) is 9.59 Å². The average Bonchev–Trinajstić information content (AvgIpc) is 2.50. The van der Waals surface area contributed by atoms with Crippen molar-refractivity contribution in [2.24, 2.45) is 0 Å². The second kappa shape index (κ2) is 7.66. The molecule has 1 aromatic rings. The van der Waals surface area contributed by atoms with Crippen molar-refractivity contribution in [2.75, 3.05) is 6.54 Å². The predicted octanol–water partition coefficient (Wildman–Crippen LogP) is 2.75. The molecule has 5 heteroatoms. The number of carboxylic acid groups (broad SMARTS) is 1. The molecular weight excluding hydrogens is 298 g/mol. The molecule has 0 aliphatic heterocycles. The van der Waals surface area contributed by atoms with E-state index in [0.717, 1.165) is 12.0 Å². The highest BCUT2D eigenvalue weighted by atomic mass is 32.1. The Labute approximate surface area is 134 Å². The molecule has 0 saturated heterocycles. The Bertz CT molecular complexity index is 647. The van der Waals surface area contributed by atoms with Gasteiger partial charge in [0.25, 0.3) is 0 Å². The number of carbonyl (C=O) groups excluding carboxylic acids is 1. The highest BCUT2D eigenvalue weighted by Gasteiger charge is 2.18. The summed E-state index contributed by atoms with van der Waals surface area (Å²) in [6, 6.07) is 9.42. The van der Waals surface area contributed by atoms with Gasteiger partial charge in [-0.15, -0.1) is 0 Å². The van der Waals surface area contributed by atoms with Crippen molar-refractivity contribution in [1.82, 2.24) is 5.32 Å². The number of carboxylic acids is 1. The number of allylic oxidation sites excluding steroid dienone is 3. The fraction of sp³-hybridized carbons (Fsp3) is 0.235. The Balaban J connectivity index is 1.93. The molecule has 2 rings (SSSR count). The fourth-order valence-electron chi connectivity index (χ4n) is 2.17. The van der Waals surface area contributed by atoms with E-state index in [1.165, 1.54) is 6.08 Å². The maximum absolute atomic E-state index is 12.2. The van der Waals surface area contributed by atoms with Gasteiger partial charge in [-0.2, -0.15) is 0 Å². The van der Waals surface area contributed by atoms with Crippen LogP contribution >= 0.6 is 12.2 Å². The molecule has 0 fully saturated rings. The quantitative estimate of drug-likeness (QED) is 0.598. The molecule has 0 amide bonds. The normalized spacial score (nSPS) is 14.4. The Kier molecular flexibility index (Phi) is 5.61. The summed E-state index contributed by atoms with van der Waals surface area (Å²) in [5.74, 6) is -0.870. The molecule has 1 aromatic carbocycles. The molecule has 0 aromatic heterocycles. The fourth-order valence-corrected chi connectivity index (χ4v) is 2.41. The molecule has 2 N–H and O–H groups in total. The minimum absolute atomic E-state index is 0.0761. The molecule has 4 nitrogen and oxygen atoms in total. The molecule has 0 saturated carbocycles. The number of nitrogens with one attached hydrogen (secondary N) is 1. The Morgan fingerprint density at radius 1 is 1.14 bits per heavy atom. The van der Waals surface area contributed by atoms with E-state index in [1.807, 2.05) is 30.3 Å². The van der Waals surface area contributed by atoms with Gasteiger partial charge in [-0.25, -0.2) is 0 Å². The van der Waals surface area contributed by atoms with Crippen molar-refractivity contribution in [3.05, 3.63) is 53.7 Å². The van der Waals surface area contributed by atoms with Crippen molar-refractivity contribution < 1.29 is 14.7 Å². The van der Waals surface area contributed by atoms with Crippen molar-refractivity contribution in [3.63, 3.8) is 0 Å². The summed E-state index contributed by atoms with van der Waals surface area (Å²) in [7, 11) is 0. The molecule has 0 unspecified atom stereocenters. The first-order chi connectivity index (χ1) is 10.6. The lowest BCUT2D eigenvalue weighted by Gasteiger charge is -2.16. The molecule has 1 aliphatic carbocycles. The number of unbranched alkanes of at least 4 members (excludes halogenated alkanes) is 1. The zero-order valence-corrected chi connectivity index (χ0v) is 12.9. The number of ketones is 1. The number of hydrogen-bond donors (Lipinski definition) is 2. The minimum Gasteiger partial charge on any atom is -0.481 e. The summed E-state index contributed by atoms with van der Waals surface area (Å²) in [6.07, 6.45) is 4.70. The van der Waals surface area contributed by atoms with E-state index in [1.54, 1.807) is 6.08 Å². The molecule has 0 radical (unpaired) electrons. The van der Waals surface area contributed by atoms with Crippen LogP contribution in [0.5, 0.6) is 0 Å². The monoisotopic (exact) mass is 315 g/mol. The smallest absolute Gasteiger partial charge is 0.303 e. The van der Waals surface area contributed by atoms with Crippen LogP contribution in [0, 0.1) is 0 Å². The first-order valence-corrected chi connectivity index (χ1v) is 7.52. The van der Waals surface area contributed by atoms with Crippen LogP contribution in [-0.2, 0) is 9.59 Å². The number of carbonyl (C=O) groups is 2. The first-order valence-electron chi connectivity index (χ1n) is 7.11. The highest BCUT2D eigenvalue weighted by Crippen LogP contribution is 2.21. The van der Waals surface area contributed by atoms with E-state index in [0.29, 0.717) is 29.1 Å². The van der Waals surface area contributed by atoms with Gasteiger partial charge in [-0.05, 0) is 24.5 Å². The molecule has 1 aliphatic rings. The number of thiocarbonyl (C=S) groups is 1. The second-order valence-corrected chi connectivity index (χ2v) is 5.43. The third kappa shape index (κ3) is 4.36. The molecule has 0 atom stereocenters. The van der Waals surface area contributed by atoms with Crippen molar-refractivity contribution >= 4 is 34.4 Å². The molecule has 0 heterocycles. The Hall–Kier alpha value is -2.27. The number of rotatable bonds is 7. The lowest BCUT2D eigenvalue weighted by atomic mass is 9.95. The van der Waals surface area contributed by atoms with Crippen LogP contribution in [-0.4, -0.2) is 28.3 Å². The zero-order chi connectivity index (χ0) is 15.9. The summed E-state index contributed by atoms with van der Waals surface area (Å²) >= 11 is 5.32. The van der Waals surface area contributed by atoms with Gasteiger partial charge in [-0.1, -0.05) is 42.5 Å². The average molecular weight is 315 g/mol. The van der Waals surface area contributed by atoms with Gasteiger partial charge < -0.3 is 10.4 Å². The Morgan fingerprint density at radius 2 is 1.86 bits per heavy atom. The van der Waals surface area contributed by atoms with Crippen LogP contribution in [0.15, 0.2) is 48.2 Å². The van der Waals surface area contributed by atoms with E-state index in [-0.39, 0.29) is 12.2 Å². The highest BCUT2D eigenvalue weighted by molar-refractivity contribution is 7.81. The van der Waals surface area contributed by atoms with Crippen LogP contribution in [0.4, 0.5) is 0 Å². The van der Waals surface area contributed by atoms with Gasteiger partial charge in [0.1, 0.15) is 0 Å². The summed E-state index contributed by atoms with van der Waals surface area (Å²) in [5.41, 5.74) is 2.09. The predicted molar refractivity (Wildman–Crippen MR) is 89.6 cm³/mol. The number of aliphatic carboxylic acids is 1. The zero-order valence-electron chi connectivity index (χ0n) is 12.0. The molecule has 114 valence electrons. The lowest BCUT2D eigenvalue weighted by molar-refractivity contribution is -0.137. The van der Waals surface area contributed by atoms with Gasteiger partial charge in [0, 0.05) is 24.6 Å². The van der Waals surface area contributed by atoms with Crippen LogP contribution in [0.2, 0.25) is 0 Å². The SMILES string of the molecule is O=C(O)CCCCNC1=CC(=O)C(c2ccccc2)=CC1=S. The van der Waals surface area contributed by atoms with Crippen LogP contribution in [0.1, 0.15) is 24.8 Å². The molecule has 22 heavy (non-hydrogen) atoms. The van der Waals surface area contributed by atoms with E-state index in [2.05, 4.69) is 5.32 Å². The van der Waals surface area contributed by atoms with E-state index < -0.39 is 5.97 Å². The maximum atomic E-state index is 12.2. The maximum Gasteiger partial charge on any atom is 0.303 e. The third-order valence-corrected chi connectivity index (χ3v) is 3.64. The first kappa shape index (κ1) is 16.1. The van der Waals surface area contributed by atoms with E-state index >= 15 is 0 Å². The lowest BCUT2D eigenvalue weighted by Crippen LogP contribution is -2.24. The number of hydrogen-bond acceptors (Lipinski definition) is 4. The van der Waals surface area contributed by atoms with Gasteiger partial charge in [0.05, 0.1) is 10.6 Å². The topological polar surface area (TPSA) is 66.4 Å². The van der Waals surface area contributed by atoms with E-state index in [4.69, 9.17) is 17.3 Å². The van der Waals surface area contributed by atoms with Gasteiger partial charge in [-0.3, -0.25) is 9.59 Å². The summed E-state index contributed by atoms with van der Waals surface area (Å²) in [4.78, 5) is 23.2. The van der Waals surface area contributed by atoms with Crippen LogP contribution in [0.3, 0.4) is 0 Å². The second-order valence-electron chi connectivity index (χ2n) is 4.99. The third-order valence-electron chi connectivity index (χ3n) is 3.30. The molecular formula is C17H17NO3S. The summed E-state index contributed by atoms with van der Waals surface area (Å²) in [6.45, 7) is 0.598. The van der Waals surface area contributed by atoms with Crippen LogP contribution < -0.4 is 5.32 Å².